The number of hydrogen-bond donors (Lipinski definition) is 0. The molecule has 2 aromatic carbocycles. The van der Waals surface area contributed by atoms with Crippen molar-refractivity contribution in [2.24, 2.45) is 5.92 Å². The fraction of sp³-hybridized carbons (Fsp3) is 0.458. The Morgan fingerprint density at radius 2 is 1.82 bits per heavy atom. The number of halogens is 1. The third kappa shape index (κ3) is 4.26. The van der Waals surface area contributed by atoms with Crippen LogP contribution >= 0.6 is 11.6 Å². The summed E-state index contributed by atoms with van der Waals surface area (Å²) in [5, 5.41) is 0.810. The normalized spacial score (nSPS) is 20.1. The maximum atomic E-state index is 11.8. The summed E-state index contributed by atoms with van der Waals surface area (Å²) in [5.74, 6) is 0.0341. The summed E-state index contributed by atoms with van der Waals surface area (Å²) in [5.41, 5.74) is 5.69. The first-order chi connectivity index (χ1) is 13.6. The van der Waals surface area contributed by atoms with Crippen molar-refractivity contribution >= 4 is 17.6 Å². The van der Waals surface area contributed by atoms with Crippen LogP contribution in [0.2, 0.25) is 5.02 Å². The van der Waals surface area contributed by atoms with E-state index in [0.717, 1.165) is 50.2 Å². The highest BCUT2D eigenvalue weighted by atomic mass is 35.5. The van der Waals surface area contributed by atoms with E-state index >= 15 is 0 Å². The number of nitrogens with zero attached hydrogens (tertiary/aromatic N) is 1. The molecule has 1 saturated heterocycles. The summed E-state index contributed by atoms with van der Waals surface area (Å²) in [7, 11) is 1.49. The number of ether oxygens (including phenoxy) is 1. The molecule has 0 amide bonds. The molecule has 148 valence electrons. The van der Waals surface area contributed by atoms with Crippen molar-refractivity contribution < 1.29 is 9.53 Å². The van der Waals surface area contributed by atoms with Gasteiger partial charge in [0.25, 0.3) is 0 Å². The number of carbonyl (C=O) groups excluding carboxylic acids is 1. The van der Waals surface area contributed by atoms with E-state index in [4.69, 9.17) is 16.3 Å². The SMILES string of the molecule is COC(=O)C1CCN(C2CCc3cc(CCc4cccc(Cl)c4)ccc32)CC1. The van der Waals surface area contributed by atoms with Crippen molar-refractivity contribution in [1.82, 2.24) is 4.90 Å². The lowest BCUT2D eigenvalue weighted by Crippen LogP contribution is -2.38. The number of esters is 1. The van der Waals surface area contributed by atoms with Gasteiger partial charge in [-0.15, -0.1) is 0 Å². The van der Waals surface area contributed by atoms with E-state index in [1.807, 2.05) is 12.1 Å². The molecule has 2 aromatic rings. The first-order valence-corrected chi connectivity index (χ1v) is 10.7. The lowest BCUT2D eigenvalue weighted by Gasteiger charge is -2.35. The quantitative estimate of drug-likeness (QED) is 0.665. The molecule has 0 radical (unpaired) electrons. The van der Waals surface area contributed by atoms with Crippen molar-refractivity contribution in [1.29, 1.82) is 0 Å². The van der Waals surface area contributed by atoms with Crippen LogP contribution in [0, 0.1) is 5.92 Å². The van der Waals surface area contributed by atoms with Gasteiger partial charge in [0.1, 0.15) is 0 Å². The number of hydrogen-bond acceptors (Lipinski definition) is 3. The number of likely N-dealkylation sites (tertiary alicyclic amines) is 1. The molecule has 1 aliphatic heterocycles. The van der Waals surface area contributed by atoms with E-state index in [9.17, 15) is 4.79 Å². The molecule has 1 aliphatic carbocycles. The smallest absolute Gasteiger partial charge is 0.308 e. The van der Waals surface area contributed by atoms with E-state index < -0.39 is 0 Å². The van der Waals surface area contributed by atoms with Crippen LogP contribution < -0.4 is 0 Å². The largest absolute Gasteiger partial charge is 0.469 e. The fourth-order valence-electron chi connectivity index (χ4n) is 4.78. The van der Waals surface area contributed by atoms with Crippen LogP contribution in [0.15, 0.2) is 42.5 Å². The molecule has 1 fully saturated rings. The van der Waals surface area contributed by atoms with Gasteiger partial charge in [-0.3, -0.25) is 9.69 Å². The van der Waals surface area contributed by atoms with Gasteiger partial charge in [-0.1, -0.05) is 41.9 Å². The molecular weight excluding hydrogens is 370 g/mol. The number of fused-ring (bicyclic) bond motifs is 1. The van der Waals surface area contributed by atoms with E-state index in [1.165, 1.54) is 35.8 Å². The van der Waals surface area contributed by atoms with Crippen LogP contribution in [0.1, 0.15) is 47.6 Å². The Labute approximate surface area is 172 Å². The lowest BCUT2D eigenvalue weighted by atomic mass is 9.94. The monoisotopic (exact) mass is 397 g/mol. The molecule has 0 N–H and O–H groups in total. The summed E-state index contributed by atoms with van der Waals surface area (Å²) < 4.78 is 4.92. The standard InChI is InChI=1S/C24H28ClNO2/c1-28-24(27)19-11-13-26(14-12-19)23-10-8-20-15-18(7-9-22(20)23)6-5-17-3-2-4-21(25)16-17/h2-4,7,9,15-16,19,23H,5-6,8,10-14H2,1H3. The summed E-state index contributed by atoms with van der Waals surface area (Å²) >= 11 is 6.10. The molecule has 2 aliphatic rings. The molecule has 4 rings (SSSR count). The van der Waals surface area contributed by atoms with Gasteiger partial charge in [0.15, 0.2) is 0 Å². The topological polar surface area (TPSA) is 29.5 Å². The zero-order valence-corrected chi connectivity index (χ0v) is 17.3. The number of piperidine rings is 1. The Kier molecular flexibility index (Phi) is 6.03. The van der Waals surface area contributed by atoms with E-state index in [0.29, 0.717) is 6.04 Å². The van der Waals surface area contributed by atoms with Crippen LogP contribution in [0.4, 0.5) is 0 Å². The van der Waals surface area contributed by atoms with Crippen LogP contribution in [0.5, 0.6) is 0 Å². The molecule has 0 aromatic heterocycles. The van der Waals surface area contributed by atoms with E-state index in [1.54, 1.807) is 0 Å². The maximum Gasteiger partial charge on any atom is 0.308 e. The highest BCUT2D eigenvalue weighted by Gasteiger charge is 2.33. The van der Waals surface area contributed by atoms with Gasteiger partial charge >= 0.3 is 5.97 Å². The Hall–Kier alpha value is -1.84. The molecule has 0 spiro atoms. The van der Waals surface area contributed by atoms with Crippen molar-refractivity contribution in [3.63, 3.8) is 0 Å². The highest BCUT2D eigenvalue weighted by Crippen LogP contribution is 2.38. The zero-order chi connectivity index (χ0) is 19.5. The summed E-state index contributed by atoms with van der Waals surface area (Å²) in [4.78, 5) is 14.3. The first-order valence-electron chi connectivity index (χ1n) is 10.3. The molecule has 1 atom stereocenters. The van der Waals surface area contributed by atoms with Gasteiger partial charge in [0.05, 0.1) is 13.0 Å². The molecule has 0 saturated carbocycles. The second-order valence-electron chi connectivity index (χ2n) is 8.05. The number of aryl methyl sites for hydroxylation is 3. The molecule has 0 bridgehead atoms. The summed E-state index contributed by atoms with van der Waals surface area (Å²) in [6.07, 6.45) is 6.23. The molecule has 1 unspecified atom stereocenters. The minimum Gasteiger partial charge on any atom is -0.469 e. The Balaban J connectivity index is 1.38. The number of rotatable bonds is 5. The average molecular weight is 398 g/mol. The van der Waals surface area contributed by atoms with Gasteiger partial charge in [0, 0.05) is 11.1 Å². The Morgan fingerprint density at radius 1 is 1.07 bits per heavy atom. The maximum absolute atomic E-state index is 11.8. The number of methoxy groups -OCH3 is 1. The van der Waals surface area contributed by atoms with Crippen LogP contribution in [0.25, 0.3) is 0 Å². The van der Waals surface area contributed by atoms with Crippen LogP contribution in [-0.4, -0.2) is 31.1 Å². The van der Waals surface area contributed by atoms with Crippen molar-refractivity contribution in [2.75, 3.05) is 20.2 Å². The van der Waals surface area contributed by atoms with Gasteiger partial charge < -0.3 is 4.74 Å². The summed E-state index contributed by atoms with van der Waals surface area (Å²) in [6, 6.07) is 15.7. The predicted molar refractivity (Wildman–Crippen MR) is 113 cm³/mol. The summed E-state index contributed by atoms with van der Waals surface area (Å²) in [6.45, 7) is 1.97. The minimum absolute atomic E-state index is 0.0455. The van der Waals surface area contributed by atoms with Crippen molar-refractivity contribution in [3.05, 3.63) is 69.7 Å². The number of carbonyl (C=O) groups is 1. The third-order valence-corrected chi connectivity index (χ3v) is 6.58. The van der Waals surface area contributed by atoms with Gasteiger partial charge in [-0.2, -0.15) is 0 Å². The first kappa shape index (κ1) is 19.5. The predicted octanol–water partition coefficient (Wildman–Crippen LogP) is 5.00. The second-order valence-corrected chi connectivity index (χ2v) is 8.49. The van der Waals surface area contributed by atoms with Gasteiger partial charge in [-0.25, -0.2) is 0 Å². The van der Waals surface area contributed by atoms with E-state index in [-0.39, 0.29) is 11.9 Å². The fourth-order valence-corrected chi connectivity index (χ4v) is 4.99. The van der Waals surface area contributed by atoms with Crippen LogP contribution in [-0.2, 0) is 28.8 Å². The highest BCUT2D eigenvalue weighted by molar-refractivity contribution is 6.30. The zero-order valence-electron chi connectivity index (χ0n) is 16.5. The van der Waals surface area contributed by atoms with Crippen molar-refractivity contribution in [3.8, 4) is 0 Å². The molecule has 1 heterocycles. The molecule has 4 heteroatoms. The Bertz CT molecular complexity index is 842. The second kappa shape index (κ2) is 8.67. The minimum atomic E-state index is -0.0455. The number of benzene rings is 2. The van der Waals surface area contributed by atoms with Gasteiger partial charge in [-0.05, 0) is 86.0 Å². The average Bonchev–Trinajstić information content (AvgIpc) is 3.15. The van der Waals surface area contributed by atoms with E-state index in [2.05, 4.69) is 35.2 Å². The lowest BCUT2D eigenvalue weighted by molar-refractivity contribution is -0.147. The third-order valence-electron chi connectivity index (χ3n) is 6.35. The molecular formula is C24H28ClNO2. The van der Waals surface area contributed by atoms with Gasteiger partial charge in [0.2, 0.25) is 0 Å². The molecule has 3 nitrogen and oxygen atoms in total. The van der Waals surface area contributed by atoms with Crippen molar-refractivity contribution in [2.45, 2.75) is 44.6 Å². The van der Waals surface area contributed by atoms with Crippen LogP contribution in [0.3, 0.4) is 0 Å². The Morgan fingerprint density at radius 3 is 2.54 bits per heavy atom. The molecule has 28 heavy (non-hydrogen) atoms.